The molecule has 0 saturated heterocycles. The molecule has 162 valence electrons. The minimum atomic E-state index is -1.29. The summed E-state index contributed by atoms with van der Waals surface area (Å²) in [5.74, 6) is -1.13. The van der Waals surface area contributed by atoms with Gasteiger partial charge in [0.1, 0.15) is 34.4 Å². The third-order valence-corrected chi connectivity index (χ3v) is 4.41. The number of methoxy groups -OCH3 is 6. The van der Waals surface area contributed by atoms with Crippen molar-refractivity contribution in [3.8, 4) is 23.0 Å². The van der Waals surface area contributed by atoms with Gasteiger partial charge >= 0.3 is 11.9 Å². The van der Waals surface area contributed by atoms with E-state index in [1.165, 1.54) is 54.8 Å². The van der Waals surface area contributed by atoms with Crippen molar-refractivity contribution >= 4 is 23.3 Å². The monoisotopic (exact) mass is 419 g/mol. The fourth-order valence-electron chi connectivity index (χ4n) is 2.93. The molecule has 2 aromatic carbocycles. The first-order valence-corrected chi connectivity index (χ1v) is 8.85. The van der Waals surface area contributed by atoms with Gasteiger partial charge in [-0.15, -0.1) is 0 Å². The predicted molar refractivity (Wildman–Crippen MR) is 109 cm³/mol. The summed E-state index contributed by atoms with van der Waals surface area (Å²) in [6.07, 6.45) is 0. The van der Waals surface area contributed by atoms with Crippen molar-refractivity contribution in [3.63, 3.8) is 0 Å². The Bertz CT molecular complexity index is 849. The molecule has 0 unspecified atom stereocenters. The van der Waals surface area contributed by atoms with Crippen molar-refractivity contribution in [2.45, 2.75) is 5.92 Å². The van der Waals surface area contributed by atoms with Gasteiger partial charge in [-0.3, -0.25) is 9.59 Å². The number of carbonyl (C=O) groups is 2. The molecule has 30 heavy (non-hydrogen) atoms. The molecule has 9 heteroatoms. The number of benzene rings is 2. The topological polar surface area (TPSA) is 102 Å². The molecule has 0 aliphatic carbocycles. The number of nitrogens with one attached hydrogen (secondary N) is 1. The Morgan fingerprint density at radius 2 is 1.10 bits per heavy atom. The highest BCUT2D eigenvalue weighted by Crippen LogP contribution is 2.44. The number of rotatable bonds is 9. The quantitative estimate of drug-likeness (QED) is 0.485. The second-order valence-corrected chi connectivity index (χ2v) is 5.94. The van der Waals surface area contributed by atoms with Gasteiger partial charge in [0.2, 0.25) is 0 Å². The third kappa shape index (κ3) is 4.51. The van der Waals surface area contributed by atoms with E-state index in [-0.39, 0.29) is 0 Å². The highest BCUT2D eigenvalue weighted by atomic mass is 16.5. The van der Waals surface area contributed by atoms with Gasteiger partial charge in [-0.05, 0) is 29.8 Å². The lowest BCUT2D eigenvalue weighted by Gasteiger charge is -2.21. The lowest BCUT2D eigenvalue weighted by Crippen LogP contribution is -2.24. The average Bonchev–Trinajstić information content (AvgIpc) is 2.79. The SMILES string of the molecule is COC(=O)C(C(=O)OC)c1cc(OC)c(Nc2c(OC)cccc2OC)c(OC)c1. The standard InChI is InChI=1S/C21H25NO8/c1-25-13-8-7-9-14(26-2)18(13)22-19-15(27-3)10-12(11-16(19)28-4)17(20(23)29-5)21(24)30-6/h7-11,17,22H,1-6H3. The van der Waals surface area contributed by atoms with Crippen LogP contribution in [0.4, 0.5) is 11.4 Å². The number of hydrogen-bond acceptors (Lipinski definition) is 9. The Labute approximate surface area is 174 Å². The molecule has 0 heterocycles. The van der Waals surface area contributed by atoms with E-state index >= 15 is 0 Å². The number of anilines is 2. The first kappa shape index (κ1) is 22.7. The van der Waals surface area contributed by atoms with Gasteiger partial charge in [0.15, 0.2) is 5.92 Å². The van der Waals surface area contributed by atoms with Crippen LogP contribution in [-0.4, -0.2) is 54.6 Å². The van der Waals surface area contributed by atoms with Gasteiger partial charge in [-0.2, -0.15) is 0 Å². The minimum absolute atomic E-state index is 0.292. The number of ether oxygens (including phenoxy) is 6. The van der Waals surface area contributed by atoms with Crippen molar-refractivity contribution in [1.29, 1.82) is 0 Å². The largest absolute Gasteiger partial charge is 0.494 e. The van der Waals surface area contributed by atoms with E-state index in [1.54, 1.807) is 18.2 Å². The Morgan fingerprint density at radius 1 is 0.700 bits per heavy atom. The van der Waals surface area contributed by atoms with E-state index in [0.717, 1.165) is 0 Å². The molecule has 0 saturated carbocycles. The van der Waals surface area contributed by atoms with E-state index < -0.39 is 17.9 Å². The molecule has 0 radical (unpaired) electrons. The molecule has 0 spiro atoms. The van der Waals surface area contributed by atoms with Crippen LogP contribution in [0.15, 0.2) is 30.3 Å². The average molecular weight is 419 g/mol. The van der Waals surface area contributed by atoms with Gasteiger partial charge < -0.3 is 33.7 Å². The zero-order valence-electron chi connectivity index (χ0n) is 17.7. The van der Waals surface area contributed by atoms with Crippen molar-refractivity contribution in [1.82, 2.24) is 0 Å². The fraction of sp³-hybridized carbons (Fsp3) is 0.333. The van der Waals surface area contributed by atoms with Crippen molar-refractivity contribution in [2.24, 2.45) is 0 Å². The van der Waals surface area contributed by atoms with E-state index in [9.17, 15) is 9.59 Å². The van der Waals surface area contributed by atoms with Crippen LogP contribution in [0.5, 0.6) is 23.0 Å². The molecular formula is C21H25NO8. The van der Waals surface area contributed by atoms with Crippen LogP contribution < -0.4 is 24.3 Å². The van der Waals surface area contributed by atoms with Gasteiger partial charge in [0.05, 0.1) is 42.7 Å². The molecule has 0 aromatic heterocycles. The lowest BCUT2D eigenvalue weighted by atomic mass is 9.97. The number of esters is 2. The first-order chi connectivity index (χ1) is 14.4. The normalized spacial score (nSPS) is 10.2. The molecule has 2 rings (SSSR count). The number of hydrogen-bond donors (Lipinski definition) is 1. The fourth-order valence-corrected chi connectivity index (χ4v) is 2.93. The smallest absolute Gasteiger partial charge is 0.324 e. The van der Waals surface area contributed by atoms with E-state index in [2.05, 4.69) is 5.32 Å². The molecule has 1 N–H and O–H groups in total. The summed E-state index contributed by atoms with van der Waals surface area (Å²) in [5, 5.41) is 3.20. The van der Waals surface area contributed by atoms with Crippen molar-refractivity contribution in [2.75, 3.05) is 48.0 Å². The highest BCUT2D eigenvalue weighted by Gasteiger charge is 2.32. The van der Waals surface area contributed by atoms with Crippen molar-refractivity contribution < 1.29 is 38.0 Å². The Hall–Kier alpha value is -3.62. The molecule has 0 amide bonds. The molecule has 9 nitrogen and oxygen atoms in total. The Balaban J connectivity index is 2.64. The van der Waals surface area contributed by atoms with Crippen LogP contribution in [0.3, 0.4) is 0 Å². The molecule has 2 aromatic rings. The maximum atomic E-state index is 12.2. The van der Waals surface area contributed by atoms with Gasteiger partial charge in [0, 0.05) is 0 Å². The second kappa shape index (κ2) is 10.2. The van der Waals surface area contributed by atoms with Crippen LogP contribution >= 0.6 is 0 Å². The van der Waals surface area contributed by atoms with Crippen molar-refractivity contribution in [3.05, 3.63) is 35.9 Å². The summed E-state index contributed by atoms with van der Waals surface area (Å²) < 4.78 is 31.3. The van der Waals surface area contributed by atoms with Gasteiger partial charge in [-0.1, -0.05) is 6.07 Å². The van der Waals surface area contributed by atoms with Crippen LogP contribution in [0.2, 0.25) is 0 Å². The lowest BCUT2D eigenvalue weighted by molar-refractivity contribution is -0.154. The summed E-state index contributed by atoms with van der Waals surface area (Å²) in [7, 11) is 8.36. The van der Waals surface area contributed by atoms with E-state index in [4.69, 9.17) is 28.4 Å². The number of carbonyl (C=O) groups excluding carboxylic acids is 2. The third-order valence-electron chi connectivity index (χ3n) is 4.41. The minimum Gasteiger partial charge on any atom is -0.494 e. The Morgan fingerprint density at radius 3 is 1.47 bits per heavy atom. The summed E-state index contributed by atoms with van der Waals surface area (Å²) in [5.41, 5.74) is 1.28. The molecule has 0 atom stereocenters. The first-order valence-electron chi connectivity index (χ1n) is 8.85. The summed E-state index contributed by atoms with van der Waals surface area (Å²) in [6, 6.07) is 8.39. The Kier molecular flexibility index (Phi) is 7.74. The summed E-state index contributed by atoms with van der Waals surface area (Å²) in [6.45, 7) is 0. The van der Waals surface area contributed by atoms with Gasteiger partial charge in [-0.25, -0.2) is 0 Å². The van der Waals surface area contributed by atoms with Crippen LogP contribution in [0.1, 0.15) is 11.5 Å². The highest BCUT2D eigenvalue weighted by molar-refractivity contribution is 6.01. The van der Waals surface area contributed by atoms with Crippen LogP contribution in [-0.2, 0) is 19.1 Å². The zero-order chi connectivity index (χ0) is 22.3. The van der Waals surface area contributed by atoms with Crippen LogP contribution in [0, 0.1) is 0 Å². The second-order valence-electron chi connectivity index (χ2n) is 5.94. The molecule has 0 aliphatic rings. The molecular weight excluding hydrogens is 394 g/mol. The zero-order valence-corrected chi connectivity index (χ0v) is 17.7. The maximum absolute atomic E-state index is 12.2. The van der Waals surface area contributed by atoms with Crippen LogP contribution in [0.25, 0.3) is 0 Å². The summed E-state index contributed by atoms with van der Waals surface area (Å²) in [4.78, 5) is 24.4. The molecule has 0 bridgehead atoms. The predicted octanol–water partition coefficient (Wildman–Crippen LogP) is 2.89. The maximum Gasteiger partial charge on any atom is 0.324 e. The summed E-state index contributed by atoms with van der Waals surface area (Å²) >= 11 is 0. The van der Waals surface area contributed by atoms with Gasteiger partial charge in [0.25, 0.3) is 0 Å². The number of para-hydroxylation sites is 1. The van der Waals surface area contributed by atoms with E-state index in [1.807, 2.05) is 0 Å². The molecule has 0 fully saturated rings. The molecule has 0 aliphatic heterocycles. The van der Waals surface area contributed by atoms with E-state index in [0.29, 0.717) is 39.9 Å².